The molecule has 5 heteroatoms. The van der Waals surface area contributed by atoms with E-state index in [2.05, 4.69) is 10.6 Å². The van der Waals surface area contributed by atoms with Gasteiger partial charge in [-0.05, 0) is 49.5 Å². The van der Waals surface area contributed by atoms with Crippen LogP contribution in [0, 0.1) is 12.7 Å². The molecule has 19 heavy (non-hydrogen) atoms. The van der Waals surface area contributed by atoms with Gasteiger partial charge in [0.25, 0.3) is 0 Å². The van der Waals surface area contributed by atoms with E-state index >= 15 is 0 Å². The van der Waals surface area contributed by atoms with Crippen LogP contribution in [-0.2, 0) is 0 Å². The van der Waals surface area contributed by atoms with E-state index in [1.54, 1.807) is 31.2 Å². The van der Waals surface area contributed by atoms with Gasteiger partial charge in [-0.2, -0.15) is 0 Å². The lowest BCUT2D eigenvalue weighted by atomic mass is 10.2. The van der Waals surface area contributed by atoms with Gasteiger partial charge in [-0.3, -0.25) is 0 Å². The average Bonchev–Trinajstić information content (AvgIpc) is 2.35. The van der Waals surface area contributed by atoms with Crippen LogP contribution in [0.25, 0.3) is 0 Å². The van der Waals surface area contributed by atoms with Crippen molar-refractivity contribution < 1.29 is 4.39 Å². The summed E-state index contributed by atoms with van der Waals surface area (Å²) in [7, 11) is 0. The molecule has 0 saturated carbocycles. The summed E-state index contributed by atoms with van der Waals surface area (Å²) in [4.78, 5) is 0. The normalized spacial score (nSPS) is 10.1. The molecule has 2 rings (SSSR count). The second-order valence-corrected chi connectivity index (χ2v) is 4.85. The highest BCUT2D eigenvalue weighted by Crippen LogP contribution is 2.19. The van der Waals surface area contributed by atoms with Crippen molar-refractivity contribution >= 4 is 40.3 Å². The summed E-state index contributed by atoms with van der Waals surface area (Å²) in [5.41, 5.74) is 1.94. The maximum atomic E-state index is 13.4. The summed E-state index contributed by atoms with van der Waals surface area (Å²) in [5, 5.41) is 6.95. The Bertz CT molecular complexity index is 616. The zero-order valence-corrected chi connectivity index (χ0v) is 11.8. The van der Waals surface area contributed by atoms with Crippen LogP contribution in [0.3, 0.4) is 0 Å². The summed E-state index contributed by atoms with van der Waals surface area (Å²) >= 11 is 11.1. The van der Waals surface area contributed by atoms with Gasteiger partial charge in [-0.15, -0.1) is 0 Å². The quantitative estimate of drug-likeness (QED) is 0.792. The molecule has 2 nitrogen and oxygen atoms in total. The smallest absolute Gasteiger partial charge is 0.175 e. The van der Waals surface area contributed by atoms with Crippen LogP contribution in [0.4, 0.5) is 15.8 Å². The molecule has 0 saturated heterocycles. The number of benzene rings is 2. The summed E-state index contributed by atoms with van der Waals surface area (Å²) in [6, 6.07) is 12.0. The molecule has 0 aliphatic carbocycles. The molecule has 0 amide bonds. The van der Waals surface area contributed by atoms with Crippen molar-refractivity contribution in [3.63, 3.8) is 0 Å². The Hall–Kier alpha value is -1.65. The third kappa shape index (κ3) is 3.66. The monoisotopic (exact) mass is 294 g/mol. The number of halogens is 2. The minimum Gasteiger partial charge on any atom is -0.332 e. The molecule has 0 unspecified atom stereocenters. The number of hydrogen-bond donors (Lipinski definition) is 2. The fourth-order valence-electron chi connectivity index (χ4n) is 1.59. The van der Waals surface area contributed by atoms with E-state index in [1.165, 1.54) is 6.07 Å². The van der Waals surface area contributed by atoms with Crippen LogP contribution >= 0.6 is 23.8 Å². The second kappa shape index (κ2) is 5.99. The van der Waals surface area contributed by atoms with E-state index in [0.717, 1.165) is 5.69 Å². The number of rotatable bonds is 2. The maximum absolute atomic E-state index is 13.4. The van der Waals surface area contributed by atoms with Gasteiger partial charge in [-0.1, -0.05) is 23.7 Å². The molecule has 0 radical (unpaired) electrons. The van der Waals surface area contributed by atoms with Gasteiger partial charge in [-0.25, -0.2) is 4.39 Å². The Labute approximate surface area is 121 Å². The summed E-state index contributed by atoms with van der Waals surface area (Å²) < 4.78 is 13.4. The Balaban J connectivity index is 2.08. The fourth-order valence-corrected chi connectivity index (χ4v) is 2.01. The number of thiocarbonyl (C=S) groups is 1. The van der Waals surface area contributed by atoms with Crippen LogP contribution in [0.5, 0.6) is 0 Å². The van der Waals surface area contributed by atoms with Gasteiger partial charge in [0.15, 0.2) is 5.11 Å². The van der Waals surface area contributed by atoms with Crippen LogP contribution in [0.2, 0.25) is 5.02 Å². The van der Waals surface area contributed by atoms with E-state index in [0.29, 0.717) is 21.4 Å². The van der Waals surface area contributed by atoms with Crippen LogP contribution < -0.4 is 10.6 Å². The molecule has 0 fully saturated rings. The topological polar surface area (TPSA) is 24.1 Å². The standard InChI is InChI=1S/C14H12ClFN2S/c1-9-12(16)6-3-7-13(9)18-14(19)17-11-5-2-4-10(15)8-11/h2-8H,1H3,(H2,17,18,19). The lowest BCUT2D eigenvalue weighted by molar-refractivity contribution is 0.619. The first kappa shape index (κ1) is 13.8. The van der Waals surface area contributed by atoms with Crippen molar-refractivity contribution in [2.24, 2.45) is 0 Å². The van der Waals surface area contributed by atoms with Crippen LogP contribution in [-0.4, -0.2) is 5.11 Å². The summed E-state index contributed by atoms with van der Waals surface area (Å²) in [6.07, 6.45) is 0. The van der Waals surface area contributed by atoms with Gasteiger partial charge in [0.2, 0.25) is 0 Å². The van der Waals surface area contributed by atoms with Gasteiger partial charge in [0.05, 0.1) is 0 Å². The van der Waals surface area contributed by atoms with Gasteiger partial charge < -0.3 is 10.6 Å². The largest absolute Gasteiger partial charge is 0.332 e. The van der Waals surface area contributed by atoms with Gasteiger partial charge in [0.1, 0.15) is 5.82 Å². The fraction of sp³-hybridized carbons (Fsp3) is 0.0714. The number of hydrogen-bond acceptors (Lipinski definition) is 1. The highest BCUT2D eigenvalue weighted by molar-refractivity contribution is 7.80. The van der Waals surface area contributed by atoms with Crippen molar-refractivity contribution in [2.45, 2.75) is 6.92 Å². The third-order valence-electron chi connectivity index (χ3n) is 2.60. The molecule has 0 aliphatic heterocycles. The maximum Gasteiger partial charge on any atom is 0.175 e. The molecular formula is C14H12ClFN2S. The molecule has 0 atom stereocenters. The Morgan fingerprint density at radius 1 is 1.16 bits per heavy atom. The van der Waals surface area contributed by atoms with E-state index in [1.807, 2.05) is 12.1 Å². The zero-order chi connectivity index (χ0) is 13.8. The molecular weight excluding hydrogens is 283 g/mol. The number of anilines is 2. The van der Waals surface area contributed by atoms with E-state index in [4.69, 9.17) is 23.8 Å². The van der Waals surface area contributed by atoms with E-state index in [-0.39, 0.29) is 5.82 Å². The van der Waals surface area contributed by atoms with Crippen molar-refractivity contribution in [3.05, 3.63) is 58.9 Å². The highest BCUT2D eigenvalue weighted by Gasteiger charge is 2.05. The van der Waals surface area contributed by atoms with Crippen molar-refractivity contribution in [1.29, 1.82) is 0 Å². The highest BCUT2D eigenvalue weighted by atomic mass is 35.5. The molecule has 2 N–H and O–H groups in total. The molecule has 0 bridgehead atoms. The molecule has 0 spiro atoms. The molecule has 0 heterocycles. The first-order valence-corrected chi connectivity index (χ1v) is 6.43. The third-order valence-corrected chi connectivity index (χ3v) is 3.04. The van der Waals surface area contributed by atoms with Crippen molar-refractivity contribution in [2.75, 3.05) is 10.6 Å². The Morgan fingerprint density at radius 3 is 2.63 bits per heavy atom. The van der Waals surface area contributed by atoms with Crippen LogP contribution in [0.1, 0.15) is 5.56 Å². The average molecular weight is 295 g/mol. The zero-order valence-electron chi connectivity index (χ0n) is 10.2. The molecule has 98 valence electrons. The van der Waals surface area contributed by atoms with Gasteiger partial charge in [0, 0.05) is 22.0 Å². The molecule has 0 aromatic heterocycles. The first-order valence-electron chi connectivity index (χ1n) is 5.65. The number of nitrogens with one attached hydrogen (secondary N) is 2. The van der Waals surface area contributed by atoms with E-state index in [9.17, 15) is 4.39 Å². The van der Waals surface area contributed by atoms with Crippen molar-refractivity contribution in [3.8, 4) is 0 Å². The predicted octanol–water partition coefficient (Wildman–Crippen LogP) is 4.60. The first-order chi connectivity index (χ1) is 9.06. The molecule has 2 aromatic rings. The summed E-state index contributed by atoms with van der Waals surface area (Å²) in [6.45, 7) is 1.69. The minimum absolute atomic E-state index is 0.268. The SMILES string of the molecule is Cc1c(F)cccc1NC(=S)Nc1cccc(Cl)c1. The van der Waals surface area contributed by atoms with Crippen LogP contribution in [0.15, 0.2) is 42.5 Å². The Kier molecular flexibility index (Phi) is 4.35. The molecule has 0 aliphatic rings. The van der Waals surface area contributed by atoms with Crippen molar-refractivity contribution in [1.82, 2.24) is 0 Å². The second-order valence-electron chi connectivity index (χ2n) is 4.00. The lowest BCUT2D eigenvalue weighted by Gasteiger charge is -2.12. The Morgan fingerprint density at radius 2 is 1.89 bits per heavy atom. The summed E-state index contributed by atoms with van der Waals surface area (Å²) in [5.74, 6) is -0.268. The lowest BCUT2D eigenvalue weighted by Crippen LogP contribution is -2.19. The predicted molar refractivity (Wildman–Crippen MR) is 82.4 cm³/mol. The minimum atomic E-state index is -0.268. The molecule has 2 aromatic carbocycles. The van der Waals surface area contributed by atoms with E-state index < -0.39 is 0 Å². The van der Waals surface area contributed by atoms with Gasteiger partial charge >= 0.3 is 0 Å².